The maximum atomic E-state index is 12.5. The lowest BCUT2D eigenvalue weighted by Crippen LogP contribution is -2.46. The van der Waals surface area contributed by atoms with Crippen LogP contribution in [0.3, 0.4) is 0 Å². The van der Waals surface area contributed by atoms with Crippen LogP contribution >= 0.6 is 0 Å². The predicted molar refractivity (Wildman–Crippen MR) is 110 cm³/mol. The summed E-state index contributed by atoms with van der Waals surface area (Å²) in [5.74, 6) is -1.18. The summed E-state index contributed by atoms with van der Waals surface area (Å²) in [4.78, 5) is 36.6. The third-order valence-corrected chi connectivity index (χ3v) is 4.27. The summed E-state index contributed by atoms with van der Waals surface area (Å²) in [6.07, 6.45) is 0. The molecule has 2 N–H and O–H groups in total. The van der Waals surface area contributed by atoms with E-state index >= 15 is 0 Å². The molecule has 1 rings (SSSR count). The summed E-state index contributed by atoms with van der Waals surface area (Å²) in [6.45, 7) is 14.0. The van der Waals surface area contributed by atoms with E-state index in [2.05, 4.69) is 31.4 Å². The average Bonchev–Trinajstić information content (AvgIpc) is 2.61. The summed E-state index contributed by atoms with van der Waals surface area (Å²) in [5.41, 5.74) is 1.59. The summed E-state index contributed by atoms with van der Waals surface area (Å²) < 4.78 is 5.09. The lowest BCUT2D eigenvalue weighted by atomic mass is 9.86. The Morgan fingerprint density at radius 1 is 1.00 bits per heavy atom. The van der Waals surface area contributed by atoms with Crippen molar-refractivity contribution in [2.45, 2.75) is 59.9 Å². The minimum absolute atomic E-state index is 0.00454. The lowest BCUT2D eigenvalue weighted by molar-refractivity contribution is -0.151. The number of carbonyl (C=O) groups excluding carboxylic acids is 3. The second kappa shape index (κ2) is 10.2. The number of hydrogen-bond acceptors (Lipinski definition) is 4. The highest BCUT2D eigenvalue weighted by Crippen LogP contribution is 2.22. The van der Waals surface area contributed by atoms with Crippen molar-refractivity contribution in [3.05, 3.63) is 35.4 Å². The van der Waals surface area contributed by atoms with Crippen molar-refractivity contribution in [2.75, 3.05) is 13.2 Å². The number of carbonyl (C=O) groups is 3. The summed E-state index contributed by atoms with van der Waals surface area (Å²) >= 11 is 0. The van der Waals surface area contributed by atoms with Crippen LogP contribution < -0.4 is 10.6 Å². The largest absolute Gasteiger partial charge is 0.454 e. The van der Waals surface area contributed by atoms with Crippen molar-refractivity contribution < 1.29 is 19.1 Å². The number of ether oxygens (including phenoxy) is 1. The number of nitrogens with one attached hydrogen (secondary N) is 2. The van der Waals surface area contributed by atoms with E-state index in [1.807, 2.05) is 39.8 Å². The molecule has 0 aliphatic rings. The molecular formula is C22H34N2O4. The lowest BCUT2D eigenvalue weighted by Gasteiger charge is -2.22. The molecule has 1 aromatic rings. The van der Waals surface area contributed by atoms with Gasteiger partial charge in [-0.2, -0.15) is 0 Å². The van der Waals surface area contributed by atoms with Crippen LogP contribution in [-0.4, -0.2) is 37.0 Å². The van der Waals surface area contributed by atoms with E-state index in [4.69, 9.17) is 4.74 Å². The van der Waals surface area contributed by atoms with Gasteiger partial charge in [-0.3, -0.25) is 9.59 Å². The Morgan fingerprint density at radius 3 is 2.04 bits per heavy atom. The molecular weight excluding hydrogens is 356 g/mol. The van der Waals surface area contributed by atoms with Crippen LogP contribution in [-0.2, 0) is 19.7 Å². The van der Waals surface area contributed by atoms with Crippen molar-refractivity contribution >= 4 is 17.8 Å². The van der Waals surface area contributed by atoms with Gasteiger partial charge in [0.15, 0.2) is 6.61 Å². The number of hydrogen-bond donors (Lipinski definition) is 2. The Labute approximate surface area is 168 Å². The van der Waals surface area contributed by atoms with Gasteiger partial charge < -0.3 is 15.4 Å². The number of amides is 2. The molecule has 0 aliphatic heterocycles. The van der Waals surface area contributed by atoms with E-state index in [9.17, 15) is 14.4 Å². The third kappa shape index (κ3) is 7.71. The molecule has 0 fully saturated rings. The molecule has 0 bridgehead atoms. The van der Waals surface area contributed by atoms with Crippen LogP contribution in [0, 0.1) is 11.8 Å². The zero-order valence-corrected chi connectivity index (χ0v) is 18.1. The molecule has 0 spiro atoms. The van der Waals surface area contributed by atoms with Gasteiger partial charge in [0, 0.05) is 12.1 Å². The molecule has 1 atom stereocenters. The number of benzene rings is 1. The van der Waals surface area contributed by atoms with E-state index in [0.717, 1.165) is 5.56 Å². The summed E-state index contributed by atoms with van der Waals surface area (Å²) in [7, 11) is 0. The Kier molecular flexibility index (Phi) is 8.66. The van der Waals surface area contributed by atoms with Crippen molar-refractivity contribution in [3.8, 4) is 0 Å². The van der Waals surface area contributed by atoms with Gasteiger partial charge in [-0.1, -0.05) is 60.6 Å². The van der Waals surface area contributed by atoms with E-state index in [-0.39, 0.29) is 29.8 Å². The fraction of sp³-hybridized carbons (Fsp3) is 0.591. The zero-order valence-electron chi connectivity index (χ0n) is 18.1. The van der Waals surface area contributed by atoms with Crippen LogP contribution in [0.5, 0.6) is 0 Å². The fourth-order valence-corrected chi connectivity index (χ4v) is 2.44. The SMILES string of the molecule is CC(C)CNC(=O)COC(=O)[C@@H](NC(=O)c1ccc(C(C)(C)C)cc1)C(C)C. The first-order valence-electron chi connectivity index (χ1n) is 9.76. The van der Waals surface area contributed by atoms with Gasteiger partial charge in [0.05, 0.1) is 0 Å². The van der Waals surface area contributed by atoms with Crippen LogP contribution in [0.2, 0.25) is 0 Å². The van der Waals surface area contributed by atoms with Gasteiger partial charge >= 0.3 is 5.97 Å². The topological polar surface area (TPSA) is 84.5 Å². The highest BCUT2D eigenvalue weighted by atomic mass is 16.5. The van der Waals surface area contributed by atoms with Crippen molar-refractivity contribution in [1.82, 2.24) is 10.6 Å². The summed E-state index contributed by atoms with van der Waals surface area (Å²) in [5, 5.41) is 5.41. The van der Waals surface area contributed by atoms with Crippen LogP contribution in [0.1, 0.15) is 64.4 Å². The smallest absolute Gasteiger partial charge is 0.329 e. The average molecular weight is 391 g/mol. The van der Waals surface area contributed by atoms with Gasteiger partial charge in [-0.25, -0.2) is 4.79 Å². The van der Waals surface area contributed by atoms with Gasteiger partial charge in [-0.15, -0.1) is 0 Å². The van der Waals surface area contributed by atoms with Crippen LogP contribution in [0.15, 0.2) is 24.3 Å². The Bertz CT molecular complexity index is 673. The second-order valence-corrected chi connectivity index (χ2v) is 8.83. The molecule has 0 aliphatic carbocycles. The highest BCUT2D eigenvalue weighted by Gasteiger charge is 2.27. The van der Waals surface area contributed by atoms with Crippen LogP contribution in [0.4, 0.5) is 0 Å². The second-order valence-electron chi connectivity index (χ2n) is 8.83. The summed E-state index contributed by atoms with van der Waals surface area (Å²) in [6, 6.07) is 6.50. The van der Waals surface area contributed by atoms with Crippen molar-refractivity contribution in [1.29, 1.82) is 0 Å². The monoisotopic (exact) mass is 390 g/mol. The first kappa shape index (κ1) is 23.7. The molecule has 0 heterocycles. The Morgan fingerprint density at radius 2 is 1.57 bits per heavy atom. The molecule has 6 nitrogen and oxygen atoms in total. The predicted octanol–water partition coefficient (Wildman–Crippen LogP) is 3.05. The molecule has 6 heteroatoms. The molecule has 156 valence electrons. The van der Waals surface area contributed by atoms with Gasteiger partial charge in [0.2, 0.25) is 0 Å². The Hall–Kier alpha value is -2.37. The first-order valence-corrected chi connectivity index (χ1v) is 9.76. The Balaban J connectivity index is 2.69. The maximum absolute atomic E-state index is 12.5. The number of rotatable bonds is 8. The molecule has 28 heavy (non-hydrogen) atoms. The maximum Gasteiger partial charge on any atom is 0.329 e. The minimum atomic E-state index is -0.826. The standard InChI is InChI=1S/C22H34N2O4/c1-14(2)12-23-18(25)13-28-21(27)19(15(3)4)24-20(26)16-8-10-17(11-9-16)22(5,6)7/h8-11,14-15,19H,12-13H2,1-7H3,(H,23,25)(H,24,26)/t19-/m0/s1. The van der Waals surface area contributed by atoms with Gasteiger partial charge in [0.25, 0.3) is 11.8 Å². The first-order chi connectivity index (χ1) is 12.9. The molecule has 2 amide bonds. The molecule has 0 unspecified atom stereocenters. The molecule has 0 radical (unpaired) electrons. The van der Waals surface area contributed by atoms with Crippen molar-refractivity contribution in [2.24, 2.45) is 11.8 Å². The van der Waals surface area contributed by atoms with E-state index in [0.29, 0.717) is 18.0 Å². The zero-order chi connectivity index (χ0) is 21.5. The van der Waals surface area contributed by atoms with Gasteiger partial charge in [0.1, 0.15) is 6.04 Å². The normalized spacial score (nSPS) is 12.6. The van der Waals surface area contributed by atoms with Crippen molar-refractivity contribution in [3.63, 3.8) is 0 Å². The molecule has 0 saturated carbocycles. The molecule has 0 saturated heterocycles. The highest BCUT2D eigenvalue weighted by molar-refractivity contribution is 5.97. The quantitative estimate of drug-likeness (QED) is 0.668. The van der Waals surface area contributed by atoms with Gasteiger partial charge in [-0.05, 0) is 34.9 Å². The third-order valence-electron chi connectivity index (χ3n) is 4.27. The molecule has 0 aromatic heterocycles. The van der Waals surface area contributed by atoms with E-state index in [1.54, 1.807) is 12.1 Å². The number of esters is 1. The van der Waals surface area contributed by atoms with E-state index in [1.165, 1.54) is 0 Å². The van der Waals surface area contributed by atoms with Crippen LogP contribution in [0.25, 0.3) is 0 Å². The van der Waals surface area contributed by atoms with E-state index < -0.39 is 12.0 Å². The fourth-order valence-electron chi connectivity index (χ4n) is 2.44. The minimum Gasteiger partial charge on any atom is -0.454 e. The molecule has 1 aromatic carbocycles.